The maximum absolute atomic E-state index is 11.2. The minimum atomic E-state index is -1.12. The van der Waals surface area contributed by atoms with E-state index in [0.29, 0.717) is 6.42 Å². The van der Waals surface area contributed by atoms with Crippen molar-refractivity contribution in [3.05, 3.63) is 0 Å². The summed E-state index contributed by atoms with van der Waals surface area (Å²) < 4.78 is 0. The molecule has 0 fully saturated rings. The van der Waals surface area contributed by atoms with Crippen LogP contribution in [0.4, 0.5) is 0 Å². The molecule has 0 saturated carbocycles. The van der Waals surface area contributed by atoms with Gasteiger partial charge in [-0.15, -0.1) is 0 Å². The van der Waals surface area contributed by atoms with Crippen molar-refractivity contribution in [1.29, 1.82) is 0 Å². The van der Waals surface area contributed by atoms with Gasteiger partial charge in [0.15, 0.2) is 0 Å². The number of hydrogen-bond donors (Lipinski definition) is 1. The first kappa shape index (κ1) is 15.9. The molecule has 0 aliphatic rings. The van der Waals surface area contributed by atoms with E-state index in [0.717, 1.165) is 12.8 Å². The lowest BCUT2D eigenvalue weighted by molar-refractivity contribution is -0.305. The Bertz CT molecular complexity index is 217. The summed E-state index contributed by atoms with van der Waals surface area (Å²) in [5, 5.41) is 12.7. The van der Waals surface area contributed by atoms with Crippen LogP contribution in [0.5, 0.6) is 0 Å². The summed E-state index contributed by atoms with van der Waals surface area (Å²) in [6.07, 6.45) is 8.63. The zero-order valence-electron chi connectivity index (χ0n) is 10.8. The van der Waals surface area contributed by atoms with Gasteiger partial charge in [-0.05, 0) is 6.42 Å². The Kier molecular flexibility index (Phi) is 10.7. The van der Waals surface area contributed by atoms with E-state index in [4.69, 9.17) is 0 Å². The van der Waals surface area contributed by atoms with Gasteiger partial charge in [0.2, 0.25) is 5.91 Å². The molecule has 0 heterocycles. The SMILES string of the molecule is CCCCCCCCCC(=O)NCCC(=O)[O-]. The van der Waals surface area contributed by atoms with Crippen molar-refractivity contribution in [1.82, 2.24) is 5.32 Å². The highest BCUT2D eigenvalue weighted by Gasteiger charge is 2.00. The molecule has 0 spiro atoms. The second-order valence-electron chi connectivity index (χ2n) is 4.34. The Morgan fingerprint density at radius 2 is 1.53 bits per heavy atom. The zero-order chi connectivity index (χ0) is 12.9. The number of carbonyl (C=O) groups excluding carboxylic acids is 2. The number of carboxylic acid groups (broad SMARTS) is 1. The summed E-state index contributed by atoms with van der Waals surface area (Å²) in [4.78, 5) is 21.3. The van der Waals surface area contributed by atoms with E-state index in [-0.39, 0.29) is 18.9 Å². The van der Waals surface area contributed by atoms with Gasteiger partial charge < -0.3 is 15.2 Å². The van der Waals surface area contributed by atoms with E-state index >= 15 is 0 Å². The molecular weight excluding hydrogens is 218 g/mol. The number of nitrogens with one attached hydrogen (secondary N) is 1. The van der Waals surface area contributed by atoms with Crippen LogP contribution in [0.15, 0.2) is 0 Å². The molecule has 100 valence electrons. The van der Waals surface area contributed by atoms with Gasteiger partial charge in [-0.25, -0.2) is 0 Å². The number of carbonyl (C=O) groups is 2. The number of amides is 1. The Balaban J connectivity index is 3.19. The standard InChI is InChI=1S/C13H25NO3/c1-2-3-4-5-6-7-8-9-12(15)14-11-10-13(16)17/h2-11H2,1H3,(H,14,15)(H,16,17)/p-1. The Labute approximate surface area is 104 Å². The molecule has 0 radical (unpaired) electrons. The van der Waals surface area contributed by atoms with Crippen molar-refractivity contribution in [2.75, 3.05) is 6.54 Å². The van der Waals surface area contributed by atoms with Crippen LogP contribution in [0.3, 0.4) is 0 Å². The molecule has 0 rings (SSSR count). The van der Waals surface area contributed by atoms with Gasteiger partial charge >= 0.3 is 0 Å². The fraction of sp³-hybridized carbons (Fsp3) is 0.846. The van der Waals surface area contributed by atoms with E-state index in [1.807, 2.05) is 0 Å². The first-order valence-electron chi connectivity index (χ1n) is 6.63. The molecular formula is C13H24NO3-. The molecule has 0 aliphatic heterocycles. The van der Waals surface area contributed by atoms with Crippen LogP contribution < -0.4 is 10.4 Å². The summed E-state index contributed by atoms with van der Waals surface area (Å²) in [5.41, 5.74) is 0. The van der Waals surface area contributed by atoms with Crippen molar-refractivity contribution in [3.63, 3.8) is 0 Å². The number of rotatable bonds is 11. The highest BCUT2D eigenvalue weighted by atomic mass is 16.4. The Hall–Kier alpha value is -1.06. The first-order chi connectivity index (χ1) is 8.16. The maximum atomic E-state index is 11.2. The van der Waals surface area contributed by atoms with Gasteiger partial charge in [0.25, 0.3) is 0 Å². The van der Waals surface area contributed by atoms with Crippen molar-refractivity contribution in [2.45, 2.75) is 64.7 Å². The quantitative estimate of drug-likeness (QED) is 0.556. The maximum Gasteiger partial charge on any atom is 0.220 e. The molecule has 0 atom stereocenters. The third-order valence-corrected chi connectivity index (χ3v) is 2.66. The summed E-state index contributed by atoms with van der Waals surface area (Å²) in [7, 11) is 0. The average Bonchev–Trinajstić information content (AvgIpc) is 2.27. The van der Waals surface area contributed by atoms with Gasteiger partial charge in [-0.3, -0.25) is 4.79 Å². The van der Waals surface area contributed by atoms with E-state index in [1.165, 1.54) is 32.1 Å². The van der Waals surface area contributed by atoms with Crippen LogP contribution in [-0.4, -0.2) is 18.4 Å². The molecule has 0 aromatic rings. The molecule has 4 nitrogen and oxygen atoms in total. The van der Waals surface area contributed by atoms with Gasteiger partial charge in [0.1, 0.15) is 0 Å². The summed E-state index contributed by atoms with van der Waals surface area (Å²) >= 11 is 0. The van der Waals surface area contributed by atoms with E-state index in [2.05, 4.69) is 12.2 Å². The molecule has 1 N–H and O–H groups in total. The lowest BCUT2D eigenvalue weighted by Gasteiger charge is -2.05. The molecule has 0 aliphatic carbocycles. The lowest BCUT2D eigenvalue weighted by Crippen LogP contribution is -2.30. The lowest BCUT2D eigenvalue weighted by atomic mass is 10.1. The summed E-state index contributed by atoms with van der Waals surface area (Å²) in [6, 6.07) is 0. The first-order valence-corrected chi connectivity index (χ1v) is 6.63. The van der Waals surface area contributed by atoms with E-state index < -0.39 is 5.97 Å². The zero-order valence-corrected chi connectivity index (χ0v) is 10.8. The highest BCUT2D eigenvalue weighted by Crippen LogP contribution is 2.08. The number of carboxylic acids is 1. The molecule has 1 amide bonds. The second-order valence-corrected chi connectivity index (χ2v) is 4.34. The monoisotopic (exact) mass is 242 g/mol. The van der Waals surface area contributed by atoms with Gasteiger partial charge in [-0.2, -0.15) is 0 Å². The van der Waals surface area contributed by atoms with Crippen LogP contribution in [0.25, 0.3) is 0 Å². The highest BCUT2D eigenvalue weighted by molar-refractivity contribution is 5.76. The third kappa shape index (κ3) is 12.9. The van der Waals surface area contributed by atoms with Gasteiger partial charge in [0.05, 0.1) is 0 Å². The second kappa shape index (κ2) is 11.4. The molecule has 0 unspecified atom stereocenters. The van der Waals surface area contributed by atoms with Gasteiger partial charge in [0, 0.05) is 25.4 Å². The largest absolute Gasteiger partial charge is 0.550 e. The molecule has 0 aromatic carbocycles. The Morgan fingerprint density at radius 1 is 0.941 bits per heavy atom. The number of aliphatic carboxylic acids is 1. The van der Waals surface area contributed by atoms with Crippen LogP contribution in [0.1, 0.15) is 64.7 Å². The van der Waals surface area contributed by atoms with E-state index in [1.54, 1.807) is 0 Å². The minimum absolute atomic E-state index is 0.0557. The molecule has 4 heteroatoms. The number of unbranched alkanes of at least 4 members (excludes halogenated alkanes) is 6. The number of hydrogen-bond acceptors (Lipinski definition) is 3. The fourth-order valence-corrected chi connectivity index (χ4v) is 1.64. The van der Waals surface area contributed by atoms with Crippen LogP contribution in [0.2, 0.25) is 0 Å². The van der Waals surface area contributed by atoms with Crippen molar-refractivity contribution in [3.8, 4) is 0 Å². The molecule has 0 bridgehead atoms. The third-order valence-electron chi connectivity index (χ3n) is 2.66. The normalized spacial score (nSPS) is 10.2. The summed E-state index contributed by atoms with van der Waals surface area (Å²) in [5.74, 6) is -1.18. The Morgan fingerprint density at radius 3 is 2.12 bits per heavy atom. The average molecular weight is 242 g/mol. The molecule has 17 heavy (non-hydrogen) atoms. The van der Waals surface area contributed by atoms with Crippen molar-refractivity contribution in [2.24, 2.45) is 0 Å². The van der Waals surface area contributed by atoms with Crippen LogP contribution in [0, 0.1) is 0 Å². The predicted molar refractivity (Wildman–Crippen MR) is 65.2 cm³/mol. The topological polar surface area (TPSA) is 69.2 Å². The van der Waals surface area contributed by atoms with E-state index in [9.17, 15) is 14.7 Å². The minimum Gasteiger partial charge on any atom is -0.550 e. The van der Waals surface area contributed by atoms with Crippen molar-refractivity contribution >= 4 is 11.9 Å². The fourth-order valence-electron chi connectivity index (χ4n) is 1.64. The molecule has 0 aromatic heterocycles. The summed E-state index contributed by atoms with van der Waals surface area (Å²) in [6.45, 7) is 2.37. The smallest absolute Gasteiger partial charge is 0.220 e. The van der Waals surface area contributed by atoms with Gasteiger partial charge in [-0.1, -0.05) is 45.4 Å². The van der Waals surface area contributed by atoms with Crippen LogP contribution in [-0.2, 0) is 9.59 Å². The van der Waals surface area contributed by atoms with Crippen LogP contribution >= 0.6 is 0 Å². The predicted octanol–water partition coefficient (Wildman–Crippen LogP) is 1.38. The van der Waals surface area contributed by atoms with Crippen molar-refractivity contribution < 1.29 is 14.7 Å². The molecule has 0 saturated heterocycles.